The molecule has 0 aliphatic carbocycles. The van der Waals surface area contributed by atoms with Crippen LogP contribution >= 0.6 is 0 Å². The zero-order valence-corrected chi connectivity index (χ0v) is 15.5. The van der Waals surface area contributed by atoms with Crippen LogP contribution in [0.25, 0.3) is 0 Å². The van der Waals surface area contributed by atoms with Crippen molar-refractivity contribution in [3.63, 3.8) is 0 Å². The number of esters is 1. The van der Waals surface area contributed by atoms with E-state index in [1.54, 1.807) is 37.3 Å². The molecule has 2 aromatic rings. The number of halogens is 3. The van der Waals surface area contributed by atoms with Gasteiger partial charge >= 0.3 is 21.6 Å². The van der Waals surface area contributed by atoms with Gasteiger partial charge in [0.05, 0.1) is 13.0 Å². The quantitative estimate of drug-likeness (QED) is 0.370. The molecule has 0 amide bonds. The lowest BCUT2D eigenvalue weighted by molar-refractivity contribution is -0.142. The fraction of sp³-hybridized carbons (Fsp3) is 0.278. The summed E-state index contributed by atoms with van der Waals surface area (Å²) >= 11 is 0. The SMILES string of the molecule is CCOC(=O)Cc1cc(OCc2ccccc2)cc(OS(=O)(=O)C(F)(F)F)c1. The van der Waals surface area contributed by atoms with Crippen molar-refractivity contribution >= 4 is 16.1 Å². The molecular formula is C18H17F3O6S. The highest BCUT2D eigenvalue weighted by Crippen LogP contribution is 2.30. The van der Waals surface area contributed by atoms with Gasteiger partial charge in [-0.25, -0.2) is 0 Å². The van der Waals surface area contributed by atoms with Crippen LogP contribution in [0.2, 0.25) is 0 Å². The van der Waals surface area contributed by atoms with E-state index in [1.807, 2.05) is 0 Å². The minimum Gasteiger partial charge on any atom is -0.489 e. The van der Waals surface area contributed by atoms with Crippen molar-refractivity contribution in [1.29, 1.82) is 0 Å². The molecule has 0 unspecified atom stereocenters. The first kappa shape index (κ1) is 21.5. The van der Waals surface area contributed by atoms with E-state index >= 15 is 0 Å². The molecule has 2 aromatic carbocycles. The number of carbonyl (C=O) groups excluding carboxylic acids is 1. The van der Waals surface area contributed by atoms with Gasteiger partial charge in [0.15, 0.2) is 0 Å². The zero-order chi connectivity index (χ0) is 20.8. The first-order chi connectivity index (χ1) is 13.1. The molecule has 28 heavy (non-hydrogen) atoms. The van der Waals surface area contributed by atoms with Crippen LogP contribution in [0.1, 0.15) is 18.1 Å². The third-order valence-electron chi connectivity index (χ3n) is 3.33. The Labute approximate surface area is 160 Å². The molecule has 0 fully saturated rings. The molecule has 0 radical (unpaired) electrons. The number of rotatable bonds is 8. The summed E-state index contributed by atoms with van der Waals surface area (Å²) in [5.41, 5.74) is -4.63. The first-order valence-corrected chi connectivity index (χ1v) is 9.48. The van der Waals surface area contributed by atoms with Crippen LogP contribution in [-0.2, 0) is 32.7 Å². The molecule has 0 aliphatic heterocycles. The Hall–Kier alpha value is -2.75. The third-order valence-corrected chi connectivity index (χ3v) is 4.31. The van der Waals surface area contributed by atoms with Crippen molar-refractivity contribution in [2.45, 2.75) is 25.5 Å². The topological polar surface area (TPSA) is 78.9 Å². The van der Waals surface area contributed by atoms with Crippen molar-refractivity contribution < 1.29 is 40.0 Å². The highest BCUT2D eigenvalue weighted by molar-refractivity contribution is 7.88. The lowest BCUT2D eigenvalue weighted by atomic mass is 10.1. The van der Waals surface area contributed by atoms with Gasteiger partial charge in [-0.2, -0.15) is 21.6 Å². The maximum atomic E-state index is 12.6. The van der Waals surface area contributed by atoms with Crippen LogP contribution in [0.15, 0.2) is 48.5 Å². The van der Waals surface area contributed by atoms with Gasteiger partial charge < -0.3 is 13.7 Å². The Morgan fingerprint density at radius 2 is 1.64 bits per heavy atom. The Morgan fingerprint density at radius 3 is 2.25 bits per heavy atom. The van der Waals surface area contributed by atoms with E-state index in [1.165, 1.54) is 6.07 Å². The van der Waals surface area contributed by atoms with Gasteiger partial charge in [-0.15, -0.1) is 0 Å². The predicted molar refractivity (Wildman–Crippen MR) is 93.2 cm³/mol. The van der Waals surface area contributed by atoms with Crippen LogP contribution in [0.4, 0.5) is 13.2 Å². The molecular weight excluding hydrogens is 401 g/mol. The fourth-order valence-corrected chi connectivity index (χ4v) is 2.60. The van der Waals surface area contributed by atoms with Gasteiger partial charge in [-0.05, 0) is 30.2 Å². The van der Waals surface area contributed by atoms with E-state index in [-0.39, 0.29) is 30.9 Å². The van der Waals surface area contributed by atoms with Crippen LogP contribution in [-0.4, -0.2) is 26.5 Å². The second kappa shape index (κ2) is 8.96. The summed E-state index contributed by atoms with van der Waals surface area (Å²) in [6, 6.07) is 12.3. The van der Waals surface area contributed by atoms with Crippen LogP contribution in [0.5, 0.6) is 11.5 Å². The lowest BCUT2D eigenvalue weighted by Crippen LogP contribution is -2.28. The van der Waals surface area contributed by atoms with Crippen molar-refractivity contribution in [2.24, 2.45) is 0 Å². The Bertz CT molecular complexity index is 911. The van der Waals surface area contributed by atoms with E-state index in [0.717, 1.165) is 17.7 Å². The van der Waals surface area contributed by atoms with Crippen LogP contribution in [0, 0.1) is 0 Å². The summed E-state index contributed by atoms with van der Waals surface area (Å²) in [6.45, 7) is 1.80. The number of ether oxygens (including phenoxy) is 2. The van der Waals surface area contributed by atoms with Gasteiger partial charge in [0.25, 0.3) is 0 Å². The average molecular weight is 418 g/mol. The van der Waals surface area contributed by atoms with Gasteiger partial charge in [-0.3, -0.25) is 4.79 Å². The fourth-order valence-electron chi connectivity index (χ4n) is 2.16. The summed E-state index contributed by atoms with van der Waals surface area (Å²) < 4.78 is 74.7. The normalized spacial score (nSPS) is 11.7. The third kappa shape index (κ3) is 6.15. The average Bonchev–Trinajstić information content (AvgIpc) is 2.59. The minimum atomic E-state index is -5.86. The van der Waals surface area contributed by atoms with E-state index in [2.05, 4.69) is 4.18 Å². The molecule has 0 atom stereocenters. The molecule has 0 bridgehead atoms. The summed E-state index contributed by atoms with van der Waals surface area (Å²) in [5, 5.41) is 0. The minimum absolute atomic E-state index is 0.0398. The Morgan fingerprint density at radius 1 is 1.00 bits per heavy atom. The number of hydrogen-bond donors (Lipinski definition) is 0. The molecule has 0 spiro atoms. The van der Waals surface area contributed by atoms with E-state index < -0.39 is 27.3 Å². The lowest BCUT2D eigenvalue weighted by Gasteiger charge is -2.13. The number of carbonyl (C=O) groups is 1. The van der Waals surface area contributed by atoms with E-state index in [0.29, 0.717) is 0 Å². The molecule has 0 saturated heterocycles. The molecule has 2 rings (SSSR count). The Kier molecular flexibility index (Phi) is 6.90. The highest BCUT2D eigenvalue weighted by atomic mass is 32.2. The van der Waals surface area contributed by atoms with E-state index in [9.17, 15) is 26.4 Å². The molecule has 0 heterocycles. The van der Waals surface area contributed by atoms with Crippen molar-refractivity contribution in [1.82, 2.24) is 0 Å². The summed E-state index contributed by atoms with van der Waals surface area (Å²) in [7, 11) is -5.86. The van der Waals surface area contributed by atoms with Crippen LogP contribution in [0.3, 0.4) is 0 Å². The Balaban J connectivity index is 2.28. The van der Waals surface area contributed by atoms with Crippen LogP contribution < -0.4 is 8.92 Å². The highest BCUT2D eigenvalue weighted by Gasteiger charge is 2.48. The first-order valence-electron chi connectivity index (χ1n) is 8.08. The number of alkyl halides is 3. The molecule has 0 aromatic heterocycles. The summed E-state index contributed by atoms with van der Waals surface area (Å²) in [5.74, 6) is -1.22. The molecule has 0 saturated carbocycles. The molecule has 0 N–H and O–H groups in total. The monoisotopic (exact) mass is 418 g/mol. The maximum absolute atomic E-state index is 12.6. The number of benzene rings is 2. The summed E-state index contributed by atoms with van der Waals surface area (Å²) in [4.78, 5) is 11.7. The van der Waals surface area contributed by atoms with E-state index in [4.69, 9.17) is 9.47 Å². The van der Waals surface area contributed by atoms with Crippen molar-refractivity contribution in [2.75, 3.05) is 6.61 Å². The predicted octanol–water partition coefficient (Wildman–Crippen LogP) is 3.60. The molecule has 10 heteroatoms. The molecule has 152 valence electrons. The maximum Gasteiger partial charge on any atom is 0.534 e. The van der Waals surface area contributed by atoms with Crippen molar-refractivity contribution in [3.05, 3.63) is 59.7 Å². The number of hydrogen-bond acceptors (Lipinski definition) is 6. The smallest absolute Gasteiger partial charge is 0.489 e. The molecule has 0 aliphatic rings. The summed E-state index contributed by atoms with van der Waals surface area (Å²) in [6.07, 6.45) is -0.293. The second-order valence-corrected chi connectivity index (χ2v) is 7.09. The van der Waals surface area contributed by atoms with Gasteiger partial charge in [0, 0.05) is 6.07 Å². The zero-order valence-electron chi connectivity index (χ0n) is 14.7. The van der Waals surface area contributed by atoms with Gasteiger partial charge in [0.2, 0.25) is 0 Å². The van der Waals surface area contributed by atoms with Gasteiger partial charge in [-0.1, -0.05) is 30.3 Å². The van der Waals surface area contributed by atoms with Gasteiger partial charge in [0.1, 0.15) is 18.1 Å². The molecule has 6 nitrogen and oxygen atoms in total. The van der Waals surface area contributed by atoms with Crippen molar-refractivity contribution in [3.8, 4) is 11.5 Å². The second-order valence-electron chi connectivity index (χ2n) is 5.55. The standard InChI is InChI=1S/C18H17F3O6S/c1-2-25-17(22)10-14-8-15(26-12-13-6-4-3-5-7-13)11-16(9-14)27-28(23,24)18(19,20)21/h3-9,11H,2,10,12H2,1H3. The largest absolute Gasteiger partial charge is 0.534 e.